The molecule has 1 atom stereocenters. The van der Waals surface area contributed by atoms with Crippen molar-refractivity contribution in [3.8, 4) is 5.75 Å². The molecule has 0 saturated carbocycles. The van der Waals surface area contributed by atoms with Crippen molar-refractivity contribution in [2.24, 2.45) is 0 Å². The lowest BCUT2D eigenvalue weighted by Gasteiger charge is -2.19. The van der Waals surface area contributed by atoms with Gasteiger partial charge in [-0.3, -0.25) is 0 Å². The molecule has 0 aliphatic rings. The molecule has 0 fully saturated rings. The molecule has 0 aromatic heterocycles. The molecule has 96 valence electrons. The highest BCUT2D eigenvalue weighted by molar-refractivity contribution is 5.91. The van der Waals surface area contributed by atoms with Crippen molar-refractivity contribution in [1.29, 1.82) is 0 Å². The fraction of sp³-hybridized carbons (Fsp3) is 0.375. The first-order valence-electron chi connectivity index (χ1n) is 6.60. The van der Waals surface area contributed by atoms with Crippen molar-refractivity contribution in [2.75, 3.05) is 13.7 Å². The fourth-order valence-electron chi connectivity index (χ4n) is 2.50. The summed E-state index contributed by atoms with van der Waals surface area (Å²) in [6, 6.07) is 13.1. The summed E-state index contributed by atoms with van der Waals surface area (Å²) in [6.45, 7) is 5.35. The molecule has 2 rings (SSSR count). The first kappa shape index (κ1) is 12.9. The molecule has 0 bridgehead atoms. The zero-order chi connectivity index (χ0) is 13.0. The first-order valence-corrected chi connectivity index (χ1v) is 6.60. The van der Waals surface area contributed by atoms with Crippen LogP contribution in [0.4, 0.5) is 0 Å². The lowest BCUT2D eigenvalue weighted by Crippen LogP contribution is -2.20. The third-order valence-electron chi connectivity index (χ3n) is 3.37. The quantitative estimate of drug-likeness (QED) is 0.859. The Hall–Kier alpha value is -1.54. The zero-order valence-electron chi connectivity index (χ0n) is 11.4. The summed E-state index contributed by atoms with van der Waals surface area (Å²) < 4.78 is 5.44. The average Bonchev–Trinajstić information content (AvgIpc) is 2.44. The molecule has 0 heterocycles. The fourth-order valence-corrected chi connectivity index (χ4v) is 2.50. The highest BCUT2D eigenvalue weighted by Gasteiger charge is 2.13. The van der Waals surface area contributed by atoms with Crippen LogP contribution in [0.5, 0.6) is 5.75 Å². The van der Waals surface area contributed by atoms with E-state index in [0.29, 0.717) is 6.04 Å². The van der Waals surface area contributed by atoms with Gasteiger partial charge in [-0.2, -0.15) is 0 Å². The van der Waals surface area contributed by atoms with Gasteiger partial charge in [0.2, 0.25) is 0 Å². The molecule has 2 aromatic rings. The van der Waals surface area contributed by atoms with Crippen LogP contribution < -0.4 is 10.1 Å². The minimum absolute atomic E-state index is 0.408. The second kappa shape index (κ2) is 5.87. The molecule has 18 heavy (non-hydrogen) atoms. The Morgan fingerprint density at radius 2 is 1.78 bits per heavy atom. The zero-order valence-corrected chi connectivity index (χ0v) is 11.4. The van der Waals surface area contributed by atoms with E-state index in [1.807, 2.05) is 0 Å². The van der Waals surface area contributed by atoms with Gasteiger partial charge in [-0.1, -0.05) is 44.2 Å². The van der Waals surface area contributed by atoms with Crippen LogP contribution in [0.1, 0.15) is 31.9 Å². The normalized spacial score (nSPS) is 12.6. The molecule has 2 aromatic carbocycles. The van der Waals surface area contributed by atoms with Crippen LogP contribution in [0.3, 0.4) is 0 Å². The van der Waals surface area contributed by atoms with Gasteiger partial charge in [-0.25, -0.2) is 0 Å². The molecule has 0 saturated heterocycles. The van der Waals surface area contributed by atoms with E-state index >= 15 is 0 Å². The SMILES string of the molecule is CCNC(CC)c1ccc(OC)c2ccccc12. The van der Waals surface area contributed by atoms with Crippen LogP contribution >= 0.6 is 0 Å². The van der Waals surface area contributed by atoms with Crippen LogP contribution in [-0.2, 0) is 0 Å². The number of methoxy groups -OCH3 is 1. The number of ether oxygens (including phenoxy) is 1. The Balaban J connectivity index is 2.58. The number of fused-ring (bicyclic) bond motifs is 1. The topological polar surface area (TPSA) is 21.3 Å². The standard InChI is InChI=1S/C16H21NO/c1-4-15(17-5-2)13-10-11-16(18-3)14-9-7-6-8-12(13)14/h6-11,15,17H,4-5H2,1-3H3. The molecule has 2 nitrogen and oxygen atoms in total. The molecule has 2 heteroatoms. The maximum absolute atomic E-state index is 5.44. The first-order chi connectivity index (χ1) is 8.81. The van der Waals surface area contributed by atoms with Crippen molar-refractivity contribution >= 4 is 10.8 Å². The Labute approximate surface area is 109 Å². The number of nitrogens with one attached hydrogen (secondary N) is 1. The summed E-state index contributed by atoms with van der Waals surface area (Å²) in [5.41, 5.74) is 1.36. The monoisotopic (exact) mass is 243 g/mol. The van der Waals surface area contributed by atoms with Crippen molar-refractivity contribution < 1.29 is 4.74 Å². The third kappa shape index (κ3) is 2.34. The molecule has 0 spiro atoms. The number of hydrogen-bond acceptors (Lipinski definition) is 2. The van der Waals surface area contributed by atoms with Crippen molar-refractivity contribution in [1.82, 2.24) is 5.32 Å². The van der Waals surface area contributed by atoms with E-state index in [1.54, 1.807) is 7.11 Å². The van der Waals surface area contributed by atoms with Gasteiger partial charge < -0.3 is 10.1 Å². The summed E-state index contributed by atoms with van der Waals surface area (Å²) >= 11 is 0. The van der Waals surface area contributed by atoms with E-state index in [9.17, 15) is 0 Å². The van der Waals surface area contributed by atoms with Crippen molar-refractivity contribution in [3.05, 3.63) is 42.0 Å². The maximum Gasteiger partial charge on any atom is 0.126 e. The molecule has 0 aliphatic heterocycles. The van der Waals surface area contributed by atoms with Crippen LogP contribution in [-0.4, -0.2) is 13.7 Å². The van der Waals surface area contributed by atoms with Crippen LogP contribution in [0.15, 0.2) is 36.4 Å². The van der Waals surface area contributed by atoms with E-state index in [0.717, 1.165) is 18.7 Å². The number of benzene rings is 2. The summed E-state index contributed by atoms with van der Waals surface area (Å²) in [7, 11) is 1.73. The highest BCUT2D eigenvalue weighted by Crippen LogP contribution is 2.32. The average molecular weight is 243 g/mol. The summed E-state index contributed by atoms with van der Waals surface area (Å²) in [4.78, 5) is 0. The smallest absolute Gasteiger partial charge is 0.126 e. The van der Waals surface area contributed by atoms with Gasteiger partial charge in [0.25, 0.3) is 0 Å². The van der Waals surface area contributed by atoms with Gasteiger partial charge in [0.15, 0.2) is 0 Å². The third-order valence-corrected chi connectivity index (χ3v) is 3.37. The maximum atomic E-state index is 5.44. The Kier molecular flexibility index (Phi) is 4.21. The molecular formula is C16H21NO. The number of rotatable bonds is 5. The lowest BCUT2D eigenvalue weighted by atomic mass is 9.96. The van der Waals surface area contributed by atoms with Crippen molar-refractivity contribution in [3.63, 3.8) is 0 Å². The molecular weight excluding hydrogens is 222 g/mol. The van der Waals surface area contributed by atoms with Gasteiger partial charge >= 0.3 is 0 Å². The van der Waals surface area contributed by atoms with Crippen LogP contribution in [0, 0.1) is 0 Å². The minimum Gasteiger partial charge on any atom is -0.496 e. The van der Waals surface area contributed by atoms with Gasteiger partial charge in [-0.05, 0) is 30.0 Å². The van der Waals surface area contributed by atoms with Crippen LogP contribution in [0.25, 0.3) is 10.8 Å². The van der Waals surface area contributed by atoms with E-state index in [4.69, 9.17) is 4.74 Å². The van der Waals surface area contributed by atoms with Gasteiger partial charge in [0.05, 0.1) is 7.11 Å². The molecule has 0 amide bonds. The molecule has 0 aliphatic carbocycles. The Bertz CT molecular complexity index is 521. The van der Waals surface area contributed by atoms with E-state index in [1.165, 1.54) is 16.3 Å². The van der Waals surface area contributed by atoms with E-state index in [2.05, 4.69) is 55.6 Å². The molecule has 1 unspecified atom stereocenters. The molecule has 1 N–H and O–H groups in total. The van der Waals surface area contributed by atoms with Crippen LogP contribution in [0.2, 0.25) is 0 Å². The van der Waals surface area contributed by atoms with Crippen molar-refractivity contribution in [2.45, 2.75) is 26.3 Å². The van der Waals surface area contributed by atoms with Gasteiger partial charge in [-0.15, -0.1) is 0 Å². The summed E-state index contributed by atoms with van der Waals surface area (Å²) in [5, 5.41) is 6.01. The Morgan fingerprint density at radius 3 is 2.39 bits per heavy atom. The molecule has 0 radical (unpaired) electrons. The second-order valence-corrected chi connectivity index (χ2v) is 4.42. The second-order valence-electron chi connectivity index (χ2n) is 4.42. The predicted octanol–water partition coefficient (Wildman–Crippen LogP) is 3.91. The number of hydrogen-bond donors (Lipinski definition) is 1. The minimum atomic E-state index is 0.408. The highest BCUT2D eigenvalue weighted by atomic mass is 16.5. The van der Waals surface area contributed by atoms with Gasteiger partial charge in [0.1, 0.15) is 5.75 Å². The summed E-state index contributed by atoms with van der Waals surface area (Å²) in [5.74, 6) is 0.945. The lowest BCUT2D eigenvalue weighted by molar-refractivity contribution is 0.419. The summed E-state index contributed by atoms with van der Waals surface area (Å²) in [6.07, 6.45) is 1.09. The van der Waals surface area contributed by atoms with Gasteiger partial charge in [0, 0.05) is 11.4 Å². The largest absolute Gasteiger partial charge is 0.496 e. The Morgan fingerprint density at radius 1 is 1.06 bits per heavy atom. The van der Waals surface area contributed by atoms with E-state index in [-0.39, 0.29) is 0 Å². The predicted molar refractivity (Wildman–Crippen MR) is 77.2 cm³/mol. The van der Waals surface area contributed by atoms with E-state index < -0.39 is 0 Å².